The van der Waals surface area contributed by atoms with Gasteiger partial charge in [-0.2, -0.15) is 0 Å². The van der Waals surface area contributed by atoms with Crippen LogP contribution in [0.3, 0.4) is 0 Å². The number of thiocarbonyl (C=S) groups is 4. The van der Waals surface area contributed by atoms with E-state index >= 15 is 0 Å². The lowest BCUT2D eigenvalue weighted by atomic mass is 9.78. The van der Waals surface area contributed by atoms with Gasteiger partial charge < -0.3 is 9.47 Å². The summed E-state index contributed by atoms with van der Waals surface area (Å²) in [6, 6.07) is 20.8. The van der Waals surface area contributed by atoms with Crippen LogP contribution in [0.4, 0.5) is 0 Å². The van der Waals surface area contributed by atoms with Gasteiger partial charge in [-0.1, -0.05) is 110 Å². The van der Waals surface area contributed by atoms with Crippen molar-refractivity contribution >= 4 is 103 Å². The van der Waals surface area contributed by atoms with Crippen LogP contribution in [0, 0.1) is 0 Å². The molecular weight excluding hydrogens is 781 g/mol. The average Bonchev–Trinajstić information content (AvgIpc) is 3.95. The second kappa shape index (κ2) is 12.4. The number of nitrogens with zero attached hydrogens (tertiary/aromatic N) is 2. The summed E-state index contributed by atoms with van der Waals surface area (Å²) in [6.07, 6.45) is 14.8. The van der Waals surface area contributed by atoms with Crippen molar-refractivity contribution in [2.45, 2.75) is 75.4 Å². The molecule has 2 aliphatic heterocycles. The molecule has 0 atom stereocenters. The lowest BCUT2D eigenvalue weighted by Crippen LogP contribution is -2.39. The number of fused-ring (bicyclic) bond motifs is 10. The van der Waals surface area contributed by atoms with E-state index in [1.165, 1.54) is 12.8 Å². The van der Waals surface area contributed by atoms with E-state index in [0.29, 0.717) is 0 Å². The first kappa shape index (κ1) is 33.7. The molecule has 11 rings (SSSR count). The number of ether oxygens (including phenoxy) is 2. The van der Waals surface area contributed by atoms with Crippen LogP contribution in [0.5, 0.6) is 11.5 Å². The number of rotatable bonds is 2. The van der Waals surface area contributed by atoms with Crippen LogP contribution in [0.1, 0.15) is 108 Å². The third kappa shape index (κ3) is 4.93. The highest BCUT2D eigenvalue weighted by atomic mass is 32.1. The first-order chi connectivity index (χ1) is 26.3. The summed E-state index contributed by atoms with van der Waals surface area (Å²) in [6.45, 7) is 0. The Morgan fingerprint density at radius 3 is 1.20 bits per heavy atom. The molecule has 0 unspecified atom stereocenters. The highest BCUT2D eigenvalue weighted by Gasteiger charge is 2.48. The zero-order valence-corrected chi connectivity index (χ0v) is 34.1. The van der Waals surface area contributed by atoms with Crippen LogP contribution < -0.4 is 9.47 Å². The fourth-order valence-corrected chi connectivity index (χ4v) is 13.1. The molecule has 0 bridgehead atoms. The third-order valence-corrected chi connectivity index (χ3v) is 15.8. The molecule has 10 heteroatoms. The summed E-state index contributed by atoms with van der Waals surface area (Å²) in [7, 11) is 0. The van der Waals surface area contributed by atoms with Crippen molar-refractivity contribution in [2.75, 3.05) is 0 Å². The monoisotopic (exact) mass is 812 g/mol. The molecule has 5 aromatic rings. The van der Waals surface area contributed by atoms with Gasteiger partial charge in [-0.15, -0.1) is 22.7 Å². The largest absolute Gasteiger partial charge is 0.480 e. The molecule has 2 spiro atoms. The highest BCUT2D eigenvalue weighted by Crippen LogP contribution is 2.59. The zero-order chi connectivity index (χ0) is 36.3. The lowest BCUT2D eigenvalue weighted by molar-refractivity contribution is 0.0163. The molecule has 6 aliphatic rings. The van der Waals surface area contributed by atoms with E-state index in [1.807, 2.05) is 24.3 Å². The second-order valence-electron chi connectivity index (χ2n) is 15.1. The van der Waals surface area contributed by atoms with Gasteiger partial charge in [0.25, 0.3) is 0 Å². The Labute approximate surface area is 343 Å². The van der Waals surface area contributed by atoms with E-state index in [-0.39, 0.29) is 0 Å². The van der Waals surface area contributed by atoms with Gasteiger partial charge in [0.2, 0.25) is 0 Å². The smallest absolute Gasteiger partial charge is 0.152 e. The number of thiazole rings is 2. The summed E-state index contributed by atoms with van der Waals surface area (Å²) < 4.78 is 14.4. The maximum atomic E-state index is 7.21. The highest BCUT2D eigenvalue weighted by molar-refractivity contribution is 7.84. The van der Waals surface area contributed by atoms with E-state index in [0.717, 1.165) is 158 Å². The summed E-state index contributed by atoms with van der Waals surface area (Å²) in [5.74, 6) is 1.78. The molecule has 0 amide bonds. The number of allylic oxidation sites excluding steroid dienone is 2. The first-order valence-corrected chi connectivity index (χ1v) is 22.0. The minimum absolute atomic E-state index is 0.475. The third-order valence-electron chi connectivity index (χ3n) is 12.0. The Kier molecular flexibility index (Phi) is 7.75. The molecule has 4 nitrogen and oxygen atoms in total. The van der Waals surface area contributed by atoms with E-state index in [9.17, 15) is 0 Å². The van der Waals surface area contributed by atoms with Gasteiger partial charge in [-0.3, -0.25) is 0 Å². The number of aromatic nitrogens is 2. The van der Waals surface area contributed by atoms with Crippen LogP contribution in [0.2, 0.25) is 0 Å². The zero-order valence-electron chi connectivity index (χ0n) is 29.2. The summed E-state index contributed by atoms with van der Waals surface area (Å²) in [5, 5.41) is 1.81. The Balaban J connectivity index is 1.05. The Bertz CT molecular complexity index is 2360. The van der Waals surface area contributed by atoms with Crippen LogP contribution >= 0.6 is 71.5 Å². The summed E-state index contributed by atoms with van der Waals surface area (Å²) in [5.41, 5.74) is 9.16. The SMILES string of the molecule is S=C1C(=Cc2nc3c(s2)-c2cc4c(cc2OC32CCCCC2)-c2sc(C=C3C(=S)c5ccccc5C3=S)nc2C2(CCCCC2)O4)C(=S)c2ccccc21. The van der Waals surface area contributed by atoms with E-state index in [4.69, 9.17) is 68.3 Å². The van der Waals surface area contributed by atoms with Gasteiger partial charge in [0.1, 0.15) is 32.9 Å². The van der Waals surface area contributed by atoms with Crippen molar-refractivity contribution in [1.82, 2.24) is 9.97 Å². The summed E-state index contributed by atoms with van der Waals surface area (Å²) >= 11 is 27.2. The normalized spacial score (nSPS) is 19.8. The molecule has 2 saturated carbocycles. The Hall–Kier alpha value is -3.64. The number of hydrogen-bond donors (Lipinski definition) is 0. The first-order valence-electron chi connectivity index (χ1n) is 18.7. The minimum Gasteiger partial charge on any atom is -0.480 e. The van der Waals surface area contributed by atoms with Gasteiger partial charge in [-0.25, -0.2) is 9.97 Å². The van der Waals surface area contributed by atoms with Gasteiger partial charge in [-0.05, 0) is 75.7 Å². The van der Waals surface area contributed by atoms with Crippen molar-refractivity contribution in [3.8, 4) is 32.4 Å². The molecule has 0 N–H and O–H groups in total. The van der Waals surface area contributed by atoms with Crippen molar-refractivity contribution < 1.29 is 9.47 Å². The second-order valence-corrected chi connectivity index (χ2v) is 18.8. The van der Waals surface area contributed by atoms with Gasteiger partial charge in [0, 0.05) is 44.5 Å². The van der Waals surface area contributed by atoms with Crippen LogP contribution in [-0.2, 0) is 11.2 Å². The molecule has 0 radical (unpaired) electrons. The standard InChI is InChI=1S/C44H32N2O2S6/c49-35-23-11-3-4-12-24(23)36(50)29(35)21-33-45-41-39(53-33)27-20-32-28(19-31(27)47-43(41)15-7-1-8-16-43)40-42(44(48-32)17-9-2-10-18-44)46-34(54-40)22-30-37(51)25-13-5-6-14-26(25)38(30)52/h3-6,11-14,19-22H,1-2,7-10,15-18H2. The number of hydrogen-bond acceptors (Lipinski definition) is 10. The molecule has 3 aromatic carbocycles. The lowest BCUT2D eigenvalue weighted by Gasteiger charge is -2.43. The van der Waals surface area contributed by atoms with Gasteiger partial charge in [0.05, 0.1) is 29.2 Å². The van der Waals surface area contributed by atoms with E-state index in [2.05, 4.69) is 48.6 Å². The molecule has 4 aliphatic carbocycles. The Morgan fingerprint density at radius 2 is 0.852 bits per heavy atom. The Morgan fingerprint density at radius 1 is 0.500 bits per heavy atom. The predicted molar refractivity (Wildman–Crippen MR) is 235 cm³/mol. The van der Waals surface area contributed by atoms with Crippen molar-refractivity contribution in [3.63, 3.8) is 0 Å². The molecule has 54 heavy (non-hydrogen) atoms. The molecule has 4 heterocycles. The average molecular weight is 813 g/mol. The minimum atomic E-state index is -0.475. The summed E-state index contributed by atoms with van der Waals surface area (Å²) in [4.78, 5) is 16.2. The molecule has 0 saturated heterocycles. The van der Waals surface area contributed by atoms with Crippen LogP contribution in [-0.4, -0.2) is 29.4 Å². The van der Waals surface area contributed by atoms with Crippen LogP contribution in [0.15, 0.2) is 71.8 Å². The quantitative estimate of drug-likeness (QED) is 0.129. The molecule has 2 aromatic heterocycles. The van der Waals surface area contributed by atoms with Gasteiger partial charge in [0.15, 0.2) is 11.2 Å². The predicted octanol–water partition coefficient (Wildman–Crippen LogP) is 12.1. The van der Waals surface area contributed by atoms with Crippen molar-refractivity contribution in [3.05, 3.63) is 115 Å². The maximum Gasteiger partial charge on any atom is 0.152 e. The fraction of sp³-hybridized carbons (Fsp3) is 0.273. The number of benzene rings is 3. The van der Waals surface area contributed by atoms with Crippen molar-refractivity contribution in [2.24, 2.45) is 0 Å². The van der Waals surface area contributed by atoms with Crippen molar-refractivity contribution in [1.29, 1.82) is 0 Å². The van der Waals surface area contributed by atoms with Gasteiger partial charge >= 0.3 is 0 Å². The fourth-order valence-electron chi connectivity index (χ4n) is 9.36. The molecular formula is C44H32N2O2S6. The van der Waals surface area contributed by atoms with E-state index < -0.39 is 11.2 Å². The van der Waals surface area contributed by atoms with Crippen LogP contribution in [0.25, 0.3) is 33.0 Å². The maximum absolute atomic E-state index is 7.21. The topological polar surface area (TPSA) is 44.2 Å². The van der Waals surface area contributed by atoms with E-state index in [1.54, 1.807) is 22.7 Å². The molecule has 266 valence electrons. The molecule has 2 fully saturated rings.